The smallest absolute Gasteiger partial charge is 0.111 e. The molecule has 1 atom stereocenters. The van der Waals surface area contributed by atoms with Gasteiger partial charge in [-0.2, -0.15) is 0 Å². The fraction of sp³-hybridized carbons (Fsp3) is 0.364. The molecule has 1 N–H and O–H groups in total. The first-order valence-electron chi connectivity index (χ1n) is 5.00. The van der Waals surface area contributed by atoms with Crippen LogP contribution in [0.15, 0.2) is 18.2 Å². The highest BCUT2D eigenvalue weighted by atomic mass is 35.5. The molecule has 1 unspecified atom stereocenters. The number of nitrogens with one attached hydrogen (secondary N) is 1. The second-order valence-corrected chi connectivity index (χ2v) is 4.94. The molecule has 1 aromatic carbocycles. The van der Waals surface area contributed by atoms with Gasteiger partial charge in [0.1, 0.15) is 5.01 Å². The maximum Gasteiger partial charge on any atom is 0.111 e. The number of hydrogen-bond acceptors (Lipinski definition) is 3. The zero-order chi connectivity index (χ0) is 10.8. The Labute approximate surface area is 98.3 Å². The lowest BCUT2D eigenvalue weighted by atomic mass is 10.3. The van der Waals surface area contributed by atoms with Gasteiger partial charge in [0.25, 0.3) is 0 Å². The molecular weight excluding hydrogens is 228 g/mol. The van der Waals surface area contributed by atoms with E-state index in [1.54, 1.807) is 11.3 Å². The summed E-state index contributed by atoms with van der Waals surface area (Å²) in [4.78, 5) is 4.57. The Bertz CT molecular complexity index is 467. The number of hydrogen-bond donors (Lipinski definition) is 1. The molecule has 0 aliphatic carbocycles. The molecule has 80 valence electrons. The second-order valence-electron chi connectivity index (χ2n) is 3.44. The summed E-state index contributed by atoms with van der Waals surface area (Å²) in [6.07, 6.45) is 0. The van der Waals surface area contributed by atoms with Gasteiger partial charge in [-0.3, -0.25) is 0 Å². The molecule has 15 heavy (non-hydrogen) atoms. The van der Waals surface area contributed by atoms with E-state index in [-0.39, 0.29) is 0 Å². The maximum atomic E-state index is 5.93. The number of thiazole rings is 1. The predicted molar refractivity (Wildman–Crippen MR) is 66.7 cm³/mol. The van der Waals surface area contributed by atoms with Crippen molar-refractivity contribution < 1.29 is 0 Å². The van der Waals surface area contributed by atoms with Gasteiger partial charge in [-0.1, -0.05) is 18.5 Å². The van der Waals surface area contributed by atoms with Gasteiger partial charge in [-0.25, -0.2) is 4.98 Å². The summed E-state index contributed by atoms with van der Waals surface area (Å²) in [6, 6.07) is 6.13. The largest absolute Gasteiger partial charge is 0.308 e. The molecule has 0 saturated heterocycles. The Kier molecular flexibility index (Phi) is 3.24. The molecule has 0 spiro atoms. The molecule has 2 nitrogen and oxygen atoms in total. The summed E-state index contributed by atoms with van der Waals surface area (Å²) in [7, 11) is 0. The Morgan fingerprint density at radius 1 is 1.53 bits per heavy atom. The lowest BCUT2D eigenvalue weighted by Crippen LogP contribution is -2.17. The van der Waals surface area contributed by atoms with Crippen molar-refractivity contribution in [2.24, 2.45) is 0 Å². The molecule has 2 aromatic rings. The van der Waals surface area contributed by atoms with E-state index in [4.69, 9.17) is 11.6 Å². The van der Waals surface area contributed by atoms with E-state index in [1.165, 1.54) is 0 Å². The van der Waals surface area contributed by atoms with E-state index in [0.717, 1.165) is 26.8 Å². The van der Waals surface area contributed by atoms with E-state index in [0.29, 0.717) is 6.04 Å². The van der Waals surface area contributed by atoms with Crippen LogP contribution < -0.4 is 5.32 Å². The third-order valence-electron chi connectivity index (χ3n) is 2.25. The van der Waals surface area contributed by atoms with E-state index in [9.17, 15) is 0 Å². The molecule has 1 aromatic heterocycles. The predicted octanol–water partition coefficient (Wildman–Crippen LogP) is 3.62. The van der Waals surface area contributed by atoms with Gasteiger partial charge in [0.2, 0.25) is 0 Å². The van der Waals surface area contributed by atoms with Gasteiger partial charge in [0, 0.05) is 5.02 Å². The molecule has 0 amide bonds. The Morgan fingerprint density at radius 3 is 3.07 bits per heavy atom. The molecule has 0 aliphatic heterocycles. The average molecular weight is 241 g/mol. The van der Waals surface area contributed by atoms with E-state index in [1.807, 2.05) is 18.2 Å². The lowest BCUT2D eigenvalue weighted by molar-refractivity contribution is 0.596. The van der Waals surface area contributed by atoms with Crippen molar-refractivity contribution in [3.05, 3.63) is 28.2 Å². The van der Waals surface area contributed by atoms with Crippen LogP contribution in [0.2, 0.25) is 5.02 Å². The monoisotopic (exact) mass is 240 g/mol. The second kappa shape index (κ2) is 4.47. The van der Waals surface area contributed by atoms with Gasteiger partial charge < -0.3 is 5.32 Å². The summed E-state index contributed by atoms with van der Waals surface area (Å²) in [6.45, 7) is 5.18. The fourth-order valence-electron chi connectivity index (χ4n) is 1.49. The fourth-order valence-corrected chi connectivity index (χ4v) is 2.77. The SMILES string of the molecule is CCNC(C)c1nc2ccc(Cl)cc2s1. The van der Waals surface area contributed by atoms with Crippen LogP contribution in [0.1, 0.15) is 24.9 Å². The zero-order valence-electron chi connectivity index (χ0n) is 8.75. The quantitative estimate of drug-likeness (QED) is 0.887. The molecule has 4 heteroatoms. The summed E-state index contributed by atoms with van der Waals surface area (Å²) in [5.74, 6) is 0. The van der Waals surface area contributed by atoms with Crippen molar-refractivity contribution in [3.63, 3.8) is 0 Å². The van der Waals surface area contributed by atoms with E-state index < -0.39 is 0 Å². The lowest BCUT2D eigenvalue weighted by Gasteiger charge is -2.07. The van der Waals surface area contributed by atoms with Crippen LogP contribution in [0, 0.1) is 0 Å². The summed E-state index contributed by atoms with van der Waals surface area (Å²) in [5, 5.41) is 5.24. The van der Waals surface area contributed by atoms with Crippen LogP contribution in [0.25, 0.3) is 10.2 Å². The summed E-state index contributed by atoms with van der Waals surface area (Å²) < 4.78 is 1.15. The molecular formula is C11H13ClN2S. The summed E-state index contributed by atoms with van der Waals surface area (Å²) in [5.41, 5.74) is 1.03. The van der Waals surface area contributed by atoms with Crippen LogP contribution in [0.4, 0.5) is 0 Å². The highest BCUT2D eigenvalue weighted by molar-refractivity contribution is 7.18. The number of halogens is 1. The first-order chi connectivity index (χ1) is 7.20. The van der Waals surface area contributed by atoms with Gasteiger partial charge >= 0.3 is 0 Å². The highest BCUT2D eigenvalue weighted by Gasteiger charge is 2.10. The number of rotatable bonds is 3. The normalized spacial score (nSPS) is 13.3. The Morgan fingerprint density at radius 2 is 2.33 bits per heavy atom. The van der Waals surface area contributed by atoms with Crippen molar-refractivity contribution in [2.75, 3.05) is 6.54 Å². The van der Waals surface area contributed by atoms with Crippen molar-refractivity contribution >= 4 is 33.2 Å². The molecule has 0 bridgehead atoms. The standard InChI is InChI=1S/C11H13ClN2S/c1-3-13-7(2)11-14-9-5-4-8(12)6-10(9)15-11/h4-7,13H,3H2,1-2H3. The van der Waals surface area contributed by atoms with Gasteiger partial charge in [-0.05, 0) is 31.7 Å². The van der Waals surface area contributed by atoms with Crippen LogP contribution in [0.5, 0.6) is 0 Å². The van der Waals surface area contributed by atoms with Crippen LogP contribution >= 0.6 is 22.9 Å². The third kappa shape index (κ3) is 2.30. The molecule has 0 fully saturated rings. The molecule has 1 heterocycles. The van der Waals surface area contributed by atoms with Crippen LogP contribution in [0.3, 0.4) is 0 Å². The average Bonchev–Trinajstić information content (AvgIpc) is 2.60. The molecule has 0 saturated carbocycles. The highest BCUT2D eigenvalue weighted by Crippen LogP contribution is 2.28. The van der Waals surface area contributed by atoms with E-state index in [2.05, 4.69) is 24.1 Å². The summed E-state index contributed by atoms with van der Waals surface area (Å²) >= 11 is 7.63. The minimum absolute atomic E-state index is 0.311. The molecule has 2 rings (SSSR count). The number of benzene rings is 1. The van der Waals surface area contributed by atoms with Gasteiger partial charge in [0.15, 0.2) is 0 Å². The van der Waals surface area contributed by atoms with Crippen molar-refractivity contribution in [1.29, 1.82) is 0 Å². The minimum Gasteiger partial charge on any atom is -0.308 e. The Balaban J connectivity index is 2.38. The van der Waals surface area contributed by atoms with E-state index >= 15 is 0 Å². The van der Waals surface area contributed by atoms with Crippen molar-refractivity contribution in [2.45, 2.75) is 19.9 Å². The number of nitrogens with zero attached hydrogens (tertiary/aromatic N) is 1. The number of fused-ring (bicyclic) bond motifs is 1. The van der Waals surface area contributed by atoms with Gasteiger partial charge in [0.05, 0.1) is 16.3 Å². The first kappa shape index (κ1) is 10.9. The number of aromatic nitrogens is 1. The van der Waals surface area contributed by atoms with Crippen LogP contribution in [-0.4, -0.2) is 11.5 Å². The van der Waals surface area contributed by atoms with Crippen molar-refractivity contribution in [3.8, 4) is 0 Å². The van der Waals surface area contributed by atoms with Crippen molar-refractivity contribution in [1.82, 2.24) is 10.3 Å². The topological polar surface area (TPSA) is 24.9 Å². The van der Waals surface area contributed by atoms with Crippen LogP contribution in [-0.2, 0) is 0 Å². The molecule has 0 radical (unpaired) electrons. The minimum atomic E-state index is 0.311. The first-order valence-corrected chi connectivity index (χ1v) is 6.19. The zero-order valence-corrected chi connectivity index (χ0v) is 10.3. The Hall–Kier alpha value is -0.640. The maximum absolute atomic E-state index is 5.93. The molecule has 0 aliphatic rings. The van der Waals surface area contributed by atoms with Gasteiger partial charge in [-0.15, -0.1) is 11.3 Å². The third-order valence-corrected chi connectivity index (χ3v) is 3.68.